The summed E-state index contributed by atoms with van der Waals surface area (Å²) in [5.41, 5.74) is 3.06. The number of amides is 1. The van der Waals surface area contributed by atoms with Crippen molar-refractivity contribution in [3.63, 3.8) is 0 Å². The van der Waals surface area contributed by atoms with Crippen molar-refractivity contribution in [1.29, 1.82) is 0 Å². The Morgan fingerprint density at radius 3 is 2.30 bits per heavy atom. The molecule has 0 aliphatic rings. The van der Waals surface area contributed by atoms with Crippen molar-refractivity contribution >= 4 is 11.9 Å². The van der Waals surface area contributed by atoms with Gasteiger partial charge in [-0.3, -0.25) is 9.59 Å². The van der Waals surface area contributed by atoms with Crippen LogP contribution < -0.4 is 4.74 Å². The molecule has 0 aromatic heterocycles. The fourth-order valence-electron chi connectivity index (χ4n) is 2.93. The molecule has 0 heterocycles. The van der Waals surface area contributed by atoms with E-state index in [1.807, 2.05) is 31.2 Å². The highest BCUT2D eigenvalue weighted by atomic mass is 19.1. The van der Waals surface area contributed by atoms with Gasteiger partial charge in [-0.15, -0.1) is 0 Å². The molecule has 0 aliphatic heterocycles. The first-order chi connectivity index (χ1) is 14.4. The molecule has 0 bridgehead atoms. The van der Waals surface area contributed by atoms with Crippen LogP contribution in [0.3, 0.4) is 0 Å². The highest BCUT2D eigenvalue weighted by Gasteiger charge is 2.19. The van der Waals surface area contributed by atoms with Gasteiger partial charge in [0, 0.05) is 12.1 Å². The van der Waals surface area contributed by atoms with Gasteiger partial charge in [0.2, 0.25) is 0 Å². The molecule has 154 valence electrons. The summed E-state index contributed by atoms with van der Waals surface area (Å²) in [5, 5.41) is 9.24. The van der Waals surface area contributed by atoms with Crippen LogP contribution in [0.1, 0.15) is 27.0 Å². The number of ether oxygens (including phenoxy) is 1. The molecular formula is C24H22FNO4. The lowest BCUT2D eigenvalue weighted by Gasteiger charge is -2.21. The molecule has 1 amide bonds. The Balaban J connectivity index is 1.73. The summed E-state index contributed by atoms with van der Waals surface area (Å²) in [5.74, 6) is -1.33. The molecule has 0 unspecified atom stereocenters. The first-order valence-electron chi connectivity index (χ1n) is 9.44. The molecule has 3 aromatic carbocycles. The second-order valence-electron chi connectivity index (χ2n) is 6.98. The zero-order valence-corrected chi connectivity index (χ0v) is 16.5. The Morgan fingerprint density at radius 1 is 0.967 bits per heavy atom. The summed E-state index contributed by atoms with van der Waals surface area (Å²) >= 11 is 0. The predicted octanol–water partition coefficient (Wildman–Crippen LogP) is 4.44. The van der Waals surface area contributed by atoms with E-state index in [0.717, 1.165) is 16.7 Å². The third kappa shape index (κ3) is 5.91. The Morgan fingerprint density at radius 2 is 1.63 bits per heavy atom. The van der Waals surface area contributed by atoms with Crippen molar-refractivity contribution in [2.75, 3.05) is 6.54 Å². The zero-order valence-electron chi connectivity index (χ0n) is 16.5. The number of halogens is 1. The lowest BCUT2D eigenvalue weighted by atomic mass is 10.1. The lowest BCUT2D eigenvalue weighted by Crippen LogP contribution is -2.35. The van der Waals surface area contributed by atoms with Crippen LogP contribution >= 0.6 is 0 Å². The van der Waals surface area contributed by atoms with Crippen molar-refractivity contribution in [2.45, 2.75) is 20.1 Å². The largest absolute Gasteiger partial charge is 0.489 e. The van der Waals surface area contributed by atoms with E-state index in [1.54, 1.807) is 36.4 Å². The second-order valence-corrected chi connectivity index (χ2v) is 6.98. The van der Waals surface area contributed by atoms with Gasteiger partial charge in [-0.1, -0.05) is 48.0 Å². The molecule has 0 saturated heterocycles. The molecule has 3 rings (SSSR count). The first kappa shape index (κ1) is 21.0. The average molecular weight is 407 g/mol. The fraction of sp³-hybridized carbons (Fsp3) is 0.167. The molecule has 5 nitrogen and oxygen atoms in total. The summed E-state index contributed by atoms with van der Waals surface area (Å²) in [4.78, 5) is 25.6. The molecule has 0 aliphatic carbocycles. The van der Waals surface area contributed by atoms with Gasteiger partial charge in [0.05, 0.1) is 0 Å². The van der Waals surface area contributed by atoms with Crippen LogP contribution in [-0.4, -0.2) is 28.4 Å². The maximum Gasteiger partial charge on any atom is 0.323 e. The van der Waals surface area contributed by atoms with Gasteiger partial charge in [0.1, 0.15) is 24.7 Å². The molecule has 0 atom stereocenters. The summed E-state index contributed by atoms with van der Waals surface area (Å²) in [6, 6.07) is 20.1. The maximum atomic E-state index is 13.0. The number of carboxylic acid groups (broad SMARTS) is 1. The predicted molar refractivity (Wildman–Crippen MR) is 111 cm³/mol. The van der Waals surface area contributed by atoms with Gasteiger partial charge in [0.25, 0.3) is 5.91 Å². The third-order valence-electron chi connectivity index (χ3n) is 4.51. The molecule has 6 heteroatoms. The molecule has 1 N–H and O–H groups in total. The smallest absolute Gasteiger partial charge is 0.323 e. The van der Waals surface area contributed by atoms with Gasteiger partial charge in [-0.25, -0.2) is 4.39 Å². The van der Waals surface area contributed by atoms with Gasteiger partial charge in [-0.05, 0) is 48.4 Å². The number of aliphatic carboxylic acids is 1. The van der Waals surface area contributed by atoms with Crippen LogP contribution in [0.4, 0.5) is 4.39 Å². The van der Waals surface area contributed by atoms with Crippen molar-refractivity contribution in [1.82, 2.24) is 4.90 Å². The average Bonchev–Trinajstić information content (AvgIpc) is 2.74. The minimum Gasteiger partial charge on any atom is -0.489 e. The van der Waals surface area contributed by atoms with Crippen molar-refractivity contribution < 1.29 is 23.8 Å². The maximum absolute atomic E-state index is 13.0. The van der Waals surface area contributed by atoms with E-state index in [-0.39, 0.29) is 19.0 Å². The number of carbonyl (C=O) groups is 2. The van der Waals surface area contributed by atoms with Crippen LogP contribution in [-0.2, 0) is 17.9 Å². The highest BCUT2D eigenvalue weighted by Crippen LogP contribution is 2.18. The second kappa shape index (κ2) is 9.69. The number of hydrogen-bond acceptors (Lipinski definition) is 3. The number of aryl methyl sites for hydroxylation is 1. The topological polar surface area (TPSA) is 66.8 Å². The Labute approximate surface area is 174 Å². The standard InChI is InChI=1S/C24H22FNO4/c1-17-5-7-18(8-6-17)14-26(15-23(27)28)24(29)20-3-2-4-22(13-20)30-16-19-9-11-21(25)12-10-19/h2-13H,14-16H2,1H3,(H,27,28). The number of hydrogen-bond donors (Lipinski definition) is 1. The summed E-state index contributed by atoms with van der Waals surface area (Å²) in [6.45, 7) is 1.96. The quantitative estimate of drug-likeness (QED) is 0.600. The van der Waals surface area contributed by atoms with Gasteiger partial charge < -0.3 is 14.7 Å². The Bertz CT molecular complexity index is 1020. The summed E-state index contributed by atoms with van der Waals surface area (Å²) in [7, 11) is 0. The molecule has 0 spiro atoms. The van der Waals surface area contributed by atoms with Crippen LogP contribution in [0.5, 0.6) is 5.75 Å². The number of nitrogens with zero attached hydrogens (tertiary/aromatic N) is 1. The molecule has 3 aromatic rings. The normalized spacial score (nSPS) is 10.5. The lowest BCUT2D eigenvalue weighted by molar-refractivity contribution is -0.137. The van der Waals surface area contributed by atoms with Gasteiger partial charge in [0.15, 0.2) is 0 Å². The third-order valence-corrected chi connectivity index (χ3v) is 4.51. The van der Waals surface area contributed by atoms with E-state index in [2.05, 4.69) is 0 Å². The fourth-order valence-corrected chi connectivity index (χ4v) is 2.93. The van der Waals surface area contributed by atoms with Gasteiger partial charge >= 0.3 is 5.97 Å². The SMILES string of the molecule is Cc1ccc(CN(CC(=O)O)C(=O)c2cccc(OCc3ccc(F)cc3)c2)cc1. The Hall–Kier alpha value is -3.67. The van der Waals surface area contributed by atoms with E-state index in [0.29, 0.717) is 11.3 Å². The van der Waals surface area contributed by atoms with Crippen LogP contribution in [0.25, 0.3) is 0 Å². The van der Waals surface area contributed by atoms with E-state index in [1.165, 1.54) is 17.0 Å². The zero-order chi connectivity index (χ0) is 21.5. The van der Waals surface area contributed by atoms with E-state index < -0.39 is 18.4 Å². The summed E-state index contributed by atoms with van der Waals surface area (Å²) < 4.78 is 18.7. The number of carbonyl (C=O) groups excluding carboxylic acids is 1. The minimum absolute atomic E-state index is 0.187. The van der Waals surface area contributed by atoms with E-state index >= 15 is 0 Å². The summed E-state index contributed by atoms with van der Waals surface area (Å²) in [6.07, 6.45) is 0. The molecule has 30 heavy (non-hydrogen) atoms. The number of carboxylic acids is 1. The molecule has 0 radical (unpaired) electrons. The van der Waals surface area contributed by atoms with E-state index in [9.17, 15) is 19.1 Å². The number of benzene rings is 3. The van der Waals surface area contributed by atoms with Crippen molar-refractivity contribution in [3.05, 3.63) is 101 Å². The van der Waals surface area contributed by atoms with Crippen LogP contribution in [0, 0.1) is 12.7 Å². The van der Waals surface area contributed by atoms with Gasteiger partial charge in [-0.2, -0.15) is 0 Å². The van der Waals surface area contributed by atoms with Crippen molar-refractivity contribution in [2.24, 2.45) is 0 Å². The van der Waals surface area contributed by atoms with Crippen LogP contribution in [0.2, 0.25) is 0 Å². The minimum atomic E-state index is -1.08. The van der Waals surface area contributed by atoms with Crippen molar-refractivity contribution in [3.8, 4) is 5.75 Å². The molecule has 0 saturated carbocycles. The highest BCUT2D eigenvalue weighted by molar-refractivity contribution is 5.96. The Kier molecular flexibility index (Phi) is 6.80. The van der Waals surface area contributed by atoms with Crippen LogP contribution in [0.15, 0.2) is 72.8 Å². The first-order valence-corrected chi connectivity index (χ1v) is 9.44. The molecular weight excluding hydrogens is 385 g/mol. The molecule has 0 fully saturated rings. The monoisotopic (exact) mass is 407 g/mol. The number of rotatable bonds is 8. The van der Waals surface area contributed by atoms with E-state index in [4.69, 9.17) is 4.74 Å².